The zero-order chi connectivity index (χ0) is 19.8. The summed E-state index contributed by atoms with van der Waals surface area (Å²) >= 11 is 0. The minimum absolute atomic E-state index is 0.283. The third kappa shape index (κ3) is 5.49. The van der Waals surface area contributed by atoms with Crippen molar-refractivity contribution in [2.24, 2.45) is 33.9 Å². The normalized spacial score (nSPS) is 25.6. The van der Waals surface area contributed by atoms with Gasteiger partial charge in [-0.3, -0.25) is 0 Å². The number of hydrogen-bond donors (Lipinski definition) is 1. The topological polar surface area (TPSA) is 91.6 Å². The quantitative estimate of drug-likeness (QED) is 0.445. The van der Waals surface area contributed by atoms with E-state index in [1.807, 2.05) is 43.4 Å². The zero-order valence-corrected chi connectivity index (χ0v) is 16.1. The van der Waals surface area contributed by atoms with Gasteiger partial charge in [-0.2, -0.15) is 5.26 Å². The highest BCUT2D eigenvalue weighted by Gasteiger charge is 2.29. The van der Waals surface area contributed by atoms with Crippen molar-refractivity contribution in [2.75, 3.05) is 0 Å². The number of nitriles is 1. The van der Waals surface area contributed by atoms with Gasteiger partial charge in [0.25, 0.3) is 0 Å². The second-order valence-corrected chi connectivity index (χ2v) is 7.19. The summed E-state index contributed by atoms with van der Waals surface area (Å²) in [6.45, 7) is 6.35. The van der Waals surface area contributed by atoms with Crippen LogP contribution in [0.25, 0.3) is 5.57 Å². The summed E-state index contributed by atoms with van der Waals surface area (Å²) in [6, 6.07) is 9.71. The van der Waals surface area contributed by atoms with Gasteiger partial charge in [0.2, 0.25) is 0 Å². The maximum atomic E-state index is 10.4. The number of nitroso groups, excluding NO2 is 1. The summed E-state index contributed by atoms with van der Waals surface area (Å²) in [7, 11) is 0. The Kier molecular flexibility index (Phi) is 7.25. The first-order valence-corrected chi connectivity index (χ1v) is 9.16. The first kappa shape index (κ1) is 20.3. The highest BCUT2D eigenvalue weighted by molar-refractivity contribution is 5.85. The Morgan fingerprint density at radius 2 is 2.00 bits per heavy atom. The molecule has 1 aromatic rings. The van der Waals surface area contributed by atoms with Crippen LogP contribution in [0, 0.1) is 34.0 Å². The third-order valence-electron chi connectivity index (χ3n) is 5.32. The fourth-order valence-electron chi connectivity index (χ4n) is 3.43. The molecule has 3 atom stereocenters. The van der Waals surface area contributed by atoms with E-state index in [9.17, 15) is 10.2 Å². The molecule has 0 saturated heterocycles. The Bertz CT molecular complexity index is 842. The number of hydrogen-bond acceptors (Lipinski definition) is 4. The lowest BCUT2D eigenvalue weighted by Gasteiger charge is -2.32. The molecule has 2 N–H and O–H groups in total. The Morgan fingerprint density at radius 1 is 1.26 bits per heavy atom. The fraction of sp³-hybridized carbons (Fsp3) is 0.364. The highest BCUT2D eigenvalue weighted by atomic mass is 16.3. The van der Waals surface area contributed by atoms with Crippen LogP contribution in [0.3, 0.4) is 0 Å². The van der Waals surface area contributed by atoms with E-state index in [-0.39, 0.29) is 5.92 Å². The first-order valence-electron chi connectivity index (χ1n) is 9.16. The lowest BCUT2D eigenvalue weighted by atomic mass is 9.73. The number of benzene rings is 1. The molecule has 27 heavy (non-hydrogen) atoms. The van der Waals surface area contributed by atoms with E-state index < -0.39 is 0 Å². The van der Waals surface area contributed by atoms with E-state index >= 15 is 0 Å². The molecule has 0 bridgehead atoms. The molecule has 1 fully saturated rings. The van der Waals surface area contributed by atoms with Crippen LogP contribution in [0.5, 0.6) is 0 Å². The van der Waals surface area contributed by atoms with Crippen molar-refractivity contribution in [1.29, 1.82) is 5.26 Å². The molecular formula is C22H26N4O. The average Bonchev–Trinajstić information content (AvgIpc) is 2.67. The molecule has 0 heterocycles. The van der Waals surface area contributed by atoms with Gasteiger partial charge in [-0.05, 0) is 66.9 Å². The highest BCUT2D eigenvalue weighted by Crippen LogP contribution is 2.34. The maximum absolute atomic E-state index is 10.4. The summed E-state index contributed by atoms with van der Waals surface area (Å²) in [5, 5.41) is 15.6. The molecule has 1 aliphatic carbocycles. The molecule has 3 unspecified atom stereocenters. The van der Waals surface area contributed by atoms with Gasteiger partial charge in [-0.1, -0.05) is 44.2 Å². The lowest BCUT2D eigenvalue weighted by molar-refractivity contribution is 0.291. The summed E-state index contributed by atoms with van der Waals surface area (Å²) in [4.78, 5) is 10.4. The van der Waals surface area contributed by atoms with Crippen LogP contribution in [0.1, 0.15) is 44.7 Å². The Morgan fingerprint density at radius 3 is 2.70 bits per heavy atom. The standard InChI is InChI=1S/C22H26N4O/c1-15(22-7-5-4-6-19(22)14-23)8-10-20(24)11-9-18-13-21(25-26-27)12-16(2)17(18)3/h4-11,16-18H,12-13,24H2,1-3H3/b11-9+,15-8+,20-10-,25-21+. The van der Waals surface area contributed by atoms with Crippen molar-refractivity contribution in [3.8, 4) is 6.07 Å². The molecule has 1 saturated carbocycles. The van der Waals surface area contributed by atoms with Gasteiger partial charge in [0.15, 0.2) is 0 Å². The number of nitrogens with two attached hydrogens (primary N) is 1. The van der Waals surface area contributed by atoms with E-state index in [0.717, 1.165) is 29.7 Å². The van der Waals surface area contributed by atoms with Crippen LogP contribution in [-0.2, 0) is 0 Å². The predicted octanol–water partition coefficient (Wildman–Crippen LogP) is 5.16. The van der Waals surface area contributed by atoms with E-state index in [1.54, 1.807) is 6.07 Å². The number of rotatable bonds is 5. The van der Waals surface area contributed by atoms with Gasteiger partial charge >= 0.3 is 0 Å². The molecule has 140 valence electrons. The van der Waals surface area contributed by atoms with E-state index in [4.69, 9.17) is 5.73 Å². The monoisotopic (exact) mass is 362 g/mol. The third-order valence-corrected chi connectivity index (χ3v) is 5.32. The van der Waals surface area contributed by atoms with Gasteiger partial charge in [0.05, 0.1) is 16.9 Å². The van der Waals surface area contributed by atoms with E-state index in [2.05, 4.69) is 36.4 Å². The molecule has 2 rings (SSSR count). The molecule has 0 amide bonds. The summed E-state index contributed by atoms with van der Waals surface area (Å²) in [6.07, 6.45) is 9.34. The van der Waals surface area contributed by atoms with Crippen molar-refractivity contribution in [1.82, 2.24) is 0 Å². The van der Waals surface area contributed by atoms with E-state index in [1.165, 1.54) is 0 Å². The smallest absolute Gasteiger partial charge is 0.0998 e. The van der Waals surface area contributed by atoms with Crippen LogP contribution in [0.2, 0.25) is 0 Å². The summed E-state index contributed by atoms with van der Waals surface area (Å²) in [5.41, 5.74) is 10.2. The molecule has 1 aromatic carbocycles. The van der Waals surface area contributed by atoms with Crippen molar-refractivity contribution in [3.63, 3.8) is 0 Å². The molecule has 5 nitrogen and oxygen atoms in total. The minimum atomic E-state index is 0.283. The van der Waals surface area contributed by atoms with Crippen LogP contribution >= 0.6 is 0 Å². The van der Waals surface area contributed by atoms with Crippen molar-refractivity contribution in [2.45, 2.75) is 33.6 Å². The zero-order valence-electron chi connectivity index (χ0n) is 16.1. The van der Waals surface area contributed by atoms with Gasteiger partial charge in [0, 0.05) is 11.4 Å². The minimum Gasteiger partial charge on any atom is -0.399 e. The second-order valence-electron chi connectivity index (χ2n) is 7.19. The fourth-order valence-corrected chi connectivity index (χ4v) is 3.43. The Labute approximate surface area is 160 Å². The van der Waals surface area contributed by atoms with Crippen molar-refractivity contribution >= 4 is 11.3 Å². The Hall–Kier alpha value is -3.00. The van der Waals surface area contributed by atoms with Crippen molar-refractivity contribution in [3.05, 3.63) is 70.3 Å². The van der Waals surface area contributed by atoms with Crippen LogP contribution < -0.4 is 5.73 Å². The maximum Gasteiger partial charge on any atom is 0.0998 e. The summed E-state index contributed by atoms with van der Waals surface area (Å²) < 4.78 is 0. The lowest BCUT2D eigenvalue weighted by Crippen LogP contribution is -2.28. The molecule has 0 spiro atoms. The van der Waals surface area contributed by atoms with Crippen LogP contribution in [-0.4, -0.2) is 5.71 Å². The molecule has 1 aliphatic rings. The van der Waals surface area contributed by atoms with E-state index in [0.29, 0.717) is 23.1 Å². The first-order chi connectivity index (χ1) is 13.0. The SMILES string of the molecule is C\C(=C/C=C(N)/C=C/C1C/C(=N/N=O)CC(C)C1C)c1ccccc1C#N. The molecular weight excluding hydrogens is 336 g/mol. The van der Waals surface area contributed by atoms with Gasteiger partial charge in [-0.15, -0.1) is 10.0 Å². The Balaban J connectivity index is 2.13. The number of nitrogens with zero attached hydrogens (tertiary/aromatic N) is 3. The second kappa shape index (κ2) is 9.63. The van der Waals surface area contributed by atoms with Crippen LogP contribution in [0.15, 0.2) is 64.7 Å². The van der Waals surface area contributed by atoms with Gasteiger partial charge in [-0.25, -0.2) is 0 Å². The number of allylic oxidation sites excluding steroid dienone is 5. The van der Waals surface area contributed by atoms with Crippen molar-refractivity contribution < 1.29 is 0 Å². The average molecular weight is 362 g/mol. The molecule has 5 heteroatoms. The molecule has 0 aliphatic heterocycles. The summed E-state index contributed by atoms with van der Waals surface area (Å²) in [5.74, 6) is 1.22. The van der Waals surface area contributed by atoms with Crippen LogP contribution in [0.4, 0.5) is 0 Å². The molecule has 0 radical (unpaired) electrons. The predicted molar refractivity (Wildman–Crippen MR) is 111 cm³/mol. The van der Waals surface area contributed by atoms with Gasteiger partial charge < -0.3 is 5.73 Å². The van der Waals surface area contributed by atoms with Gasteiger partial charge in [0.1, 0.15) is 0 Å². The largest absolute Gasteiger partial charge is 0.399 e. The molecule has 0 aromatic heterocycles.